The van der Waals surface area contributed by atoms with Gasteiger partial charge in [0.1, 0.15) is 5.82 Å². The molecule has 2 aromatic heterocycles. The Labute approximate surface area is 85.7 Å². The monoisotopic (exact) mass is 238 g/mol. The molecule has 0 saturated heterocycles. The van der Waals surface area contributed by atoms with Crippen LogP contribution in [-0.4, -0.2) is 9.38 Å². The van der Waals surface area contributed by atoms with Crippen molar-refractivity contribution in [2.45, 2.75) is 19.8 Å². The van der Waals surface area contributed by atoms with E-state index in [1.54, 1.807) is 0 Å². The van der Waals surface area contributed by atoms with Crippen molar-refractivity contribution >= 4 is 21.4 Å². The second kappa shape index (κ2) is 3.14. The normalized spacial score (nSPS) is 11.4. The summed E-state index contributed by atoms with van der Waals surface area (Å²) in [5.74, 6) is 1.56. The summed E-state index contributed by atoms with van der Waals surface area (Å²) < 4.78 is 3.20. The van der Waals surface area contributed by atoms with Crippen LogP contribution < -0.4 is 0 Å². The van der Waals surface area contributed by atoms with Gasteiger partial charge in [0.05, 0.1) is 11.7 Å². The number of halogens is 1. The van der Waals surface area contributed by atoms with Crippen molar-refractivity contribution < 1.29 is 0 Å². The van der Waals surface area contributed by atoms with Crippen LogP contribution in [0.3, 0.4) is 0 Å². The predicted octanol–water partition coefficient (Wildman–Crippen LogP) is 3.22. The second-order valence-electron chi connectivity index (χ2n) is 3.41. The van der Waals surface area contributed by atoms with Crippen molar-refractivity contribution in [3.05, 3.63) is 34.8 Å². The Balaban J connectivity index is 2.71. The molecule has 2 rings (SSSR count). The minimum absolute atomic E-state index is 0.455. The Hall–Kier alpha value is -0.830. The van der Waals surface area contributed by atoms with Gasteiger partial charge >= 0.3 is 0 Å². The van der Waals surface area contributed by atoms with Gasteiger partial charge in [-0.2, -0.15) is 0 Å². The highest BCUT2D eigenvalue weighted by atomic mass is 79.9. The quantitative estimate of drug-likeness (QED) is 0.746. The first-order chi connectivity index (χ1) is 6.18. The second-order valence-corrected chi connectivity index (χ2v) is 4.33. The molecule has 0 aliphatic rings. The number of aromatic nitrogens is 2. The summed E-state index contributed by atoms with van der Waals surface area (Å²) in [6, 6.07) is 4.09. The smallest absolute Gasteiger partial charge is 0.115 e. The minimum atomic E-state index is 0.455. The van der Waals surface area contributed by atoms with Gasteiger partial charge in [0.15, 0.2) is 0 Å². The van der Waals surface area contributed by atoms with Gasteiger partial charge in [-0.25, -0.2) is 4.98 Å². The van der Waals surface area contributed by atoms with E-state index in [-0.39, 0.29) is 0 Å². The summed E-state index contributed by atoms with van der Waals surface area (Å²) in [4.78, 5) is 4.38. The molecule has 0 spiro atoms. The highest BCUT2D eigenvalue weighted by molar-refractivity contribution is 9.10. The van der Waals surface area contributed by atoms with Crippen LogP contribution in [0.2, 0.25) is 0 Å². The number of imidazole rings is 1. The molecule has 3 heteroatoms. The summed E-state index contributed by atoms with van der Waals surface area (Å²) in [6.07, 6.45) is 3.96. The Morgan fingerprint density at radius 2 is 2.15 bits per heavy atom. The number of hydrogen-bond donors (Lipinski definition) is 0. The van der Waals surface area contributed by atoms with Gasteiger partial charge in [0, 0.05) is 16.6 Å². The summed E-state index contributed by atoms with van der Waals surface area (Å²) >= 11 is 3.45. The first-order valence-electron chi connectivity index (χ1n) is 4.31. The van der Waals surface area contributed by atoms with Crippen LogP contribution in [0.1, 0.15) is 25.6 Å². The largest absolute Gasteiger partial charge is 0.302 e. The average Bonchev–Trinajstić information content (AvgIpc) is 2.46. The molecule has 0 amide bonds. The average molecular weight is 239 g/mol. The molecule has 0 aromatic carbocycles. The van der Waals surface area contributed by atoms with Crippen LogP contribution >= 0.6 is 15.9 Å². The van der Waals surface area contributed by atoms with Gasteiger partial charge in [0.25, 0.3) is 0 Å². The van der Waals surface area contributed by atoms with Crippen LogP contribution in [-0.2, 0) is 0 Å². The van der Waals surface area contributed by atoms with E-state index in [0.717, 1.165) is 15.8 Å². The molecule has 0 atom stereocenters. The van der Waals surface area contributed by atoms with E-state index in [4.69, 9.17) is 0 Å². The SMILES string of the molecule is CC(C)c1ncc2ccc(Br)cn12. The summed E-state index contributed by atoms with van der Waals surface area (Å²) in [5, 5.41) is 0. The third-order valence-electron chi connectivity index (χ3n) is 2.04. The fraction of sp³-hybridized carbons (Fsp3) is 0.300. The molecule has 0 aliphatic heterocycles. The summed E-state index contributed by atoms with van der Waals surface area (Å²) in [6.45, 7) is 4.30. The molecule has 0 fully saturated rings. The minimum Gasteiger partial charge on any atom is -0.302 e. The third kappa shape index (κ3) is 1.48. The standard InChI is InChI=1S/C10H11BrN2/c1-7(2)10-12-5-9-4-3-8(11)6-13(9)10/h3-7H,1-2H3. The topological polar surface area (TPSA) is 17.3 Å². The van der Waals surface area contributed by atoms with Crippen LogP contribution in [0.5, 0.6) is 0 Å². The molecule has 0 saturated carbocycles. The lowest BCUT2D eigenvalue weighted by Crippen LogP contribution is -1.96. The van der Waals surface area contributed by atoms with Crippen LogP contribution in [0, 0.1) is 0 Å². The molecule has 0 unspecified atom stereocenters. The maximum absolute atomic E-state index is 4.38. The highest BCUT2D eigenvalue weighted by Crippen LogP contribution is 2.18. The molecular weight excluding hydrogens is 228 g/mol. The van der Waals surface area contributed by atoms with Gasteiger partial charge < -0.3 is 4.40 Å². The van der Waals surface area contributed by atoms with Gasteiger partial charge in [-0.05, 0) is 28.1 Å². The molecule has 2 heterocycles. The highest BCUT2D eigenvalue weighted by Gasteiger charge is 2.06. The Morgan fingerprint density at radius 3 is 2.85 bits per heavy atom. The zero-order valence-electron chi connectivity index (χ0n) is 7.66. The van der Waals surface area contributed by atoms with Crippen molar-refractivity contribution in [3.63, 3.8) is 0 Å². The zero-order chi connectivity index (χ0) is 9.42. The maximum atomic E-state index is 4.38. The lowest BCUT2D eigenvalue weighted by Gasteiger charge is -2.03. The lowest BCUT2D eigenvalue weighted by molar-refractivity contribution is 0.769. The molecule has 0 bridgehead atoms. The Morgan fingerprint density at radius 1 is 1.38 bits per heavy atom. The van der Waals surface area contributed by atoms with Crippen molar-refractivity contribution in [2.24, 2.45) is 0 Å². The van der Waals surface area contributed by atoms with E-state index in [2.05, 4.69) is 51.4 Å². The van der Waals surface area contributed by atoms with Crippen LogP contribution in [0.4, 0.5) is 0 Å². The van der Waals surface area contributed by atoms with Crippen molar-refractivity contribution in [3.8, 4) is 0 Å². The van der Waals surface area contributed by atoms with Gasteiger partial charge in [-0.15, -0.1) is 0 Å². The van der Waals surface area contributed by atoms with E-state index in [1.807, 2.05) is 12.3 Å². The number of nitrogens with zero attached hydrogens (tertiary/aromatic N) is 2. The van der Waals surface area contributed by atoms with E-state index in [0.29, 0.717) is 5.92 Å². The summed E-state index contributed by atoms with van der Waals surface area (Å²) in [7, 11) is 0. The van der Waals surface area contributed by atoms with E-state index >= 15 is 0 Å². The van der Waals surface area contributed by atoms with Crippen LogP contribution in [0.15, 0.2) is 29.0 Å². The molecule has 0 N–H and O–H groups in total. The van der Waals surface area contributed by atoms with Crippen molar-refractivity contribution in [1.82, 2.24) is 9.38 Å². The fourth-order valence-electron chi connectivity index (χ4n) is 1.41. The van der Waals surface area contributed by atoms with E-state index in [1.165, 1.54) is 0 Å². The number of pyridine rings is 1. The predicted molar refractivity (Wildman–Crippen MR) is 57.0 cm³/mol. The Bertz CT molecular complexity index is 431. The fourth-order valence-corrected chi connectivity index (χ4v) is 1.75. The summed E-state index contributed by atoms with van der Waals surface area (Å²) in [5.41, 5.74) is 1.15. The first-order valence-corrected chi connectivity index (χ1v) is 5.10. The van der Waals surface area contributed by atoms with Crippen molar-refractivity contribution in [1.29, 1.82) is 0 Å². The lowest BCUT2D eigenvalue weighted by atomic mass is 10.2. The molecule has 2 nitrogen and oxygen atoms in total. The molecule has 0 aliphatic carbocycles. The number of hydrogen-bond acceptors (Lipinski definition) is 1. The maximum Gasteiger partial charge on any atom is 0.115 e. The van der Waals surface area contributed by atoms with E-state index < -0.39 is 0 Å². The first kappa shape index (κ1) is 8.75. The zero-order valence-corrected chi connectivity index (χ0v) is 9.25. The Kier molecular flexibility index (Phi) is 2.12. The van der Waals surface area contributed by atoms with Gasteiger partial charge in [0.2, 0.25) is 0 Å². The molecule has 13 heavy (non-hydrogen) atoms. The number of rotatable bonds is 1. The molecular formula is C10H11BrN2. The van der Waals surface area contributed by atoms with Crippen LogP contribution in [0.25, 0.3) is 5.52 Å². The molecule has 68 valence electrons. The number of fused-ring (bicyclic) bond motifs is 1. The van der Waals surface area contributed by atoms with Gasteiger partial charge in [-0.3, -0.25) is 0 Å². The molecule has 2 aromatic rings. The van der Waals surface area contributed by atoms with E-state index in [9.17, 15) is 0 Å². The molecule has 0 radical (unpaired) electrons. The third-order valence-corrected chi connectivity index (χ3v) is 2.51. The van der Waals surface area contributed by atoms with Crippen molar-refractivity contribution in [2.75, 3.05) is 0 Å². The van der Waals surface area contributed by atoms with Gasteiger partial charge in [-0.1, -0.05) is 13.8 Å².